The van der Waals surface area contributed by atoms with Crippen molar-refractivity contribution in [2.24, 2.45) is 0 Å². The van der Waals surface area contributed by atoms with E-state index in [0.717, 1.165) is 0 Å². The third kappa shape index (κ3) is 6.21. The highest BCUT2D eigenvalue weighted by molar-refractivity contribution is 5.89. The van der Waals surface area contributed by atoms with Crippen molar-refractivity contribution in [2.45, 2.75) is 6.92 Å². The van der Waals surface area contributed by atoms with Gasteiger partial charge in [-0.1, -0.05) is 12.1 Å². The molecule has 0 unspecified atom stereocenters. The molecular formula is C15H20NO4+. The van der Waals surface area contributed by atoms with E-state index in [1.807, 2.05) is 14.1 Å². The monoisotopic (exact) mass is 278 g/mol. The molecule has 108 valence electrons. The van der Waals surface area contributed by atoms with Gasteiger partial charge in [0.1, 0.15) is 26.3 Å². The Kier molecular flexibility index (Phi) is 6.01. The van der Waals surface area contributed by atoms with Crippen molar-refractivity contribution in [3.63, 3.8) is 0 Å². The molecule has 0 saturated carbocycles. The molecule has 0 aliphatic carbocycles. The molecule has 0 aromatic heterocycles. The van der Waals surface area contributed by atoms with Crippen molar-refractivity contribution in [3.05, 3.63) is 35.9 Å². The van der Waals surface area contributed by atoms with Crippen LogP contribution in [0.4, 0.5) is 0 Å². The van der Waals surface area contributed by atoms with Crippen molar-refractivity contribution in [3.8, 4) is 0 Å². The second-order valence-corrected chi connectivity index (χ2v) is 5.08. The van der Waals surface area contributed by atoms with Crippen molar-refractivity contribution in [1.82, 2.24) is 0 Å². The molecule has 0 fully saturated rings. The molecule has 0 N–H and O–H groups in total. The van der Waals surface area contributed by atoms with E-state index in [2.05, 4.69) is 12.1 Å². The number of ether oxygens (including phenoxy) is 2. The van der Waals surface area contributed by atoms with Gasteiger partial charge in [0.25, 0.3) is 0 Å². The van der Waals surface area contributed by atoms with Crippen LogP contribution >= 0.6 is 0 Å². The smallest absolute Gasteiger partial charge is 0.339 e. The average Bonchev–Trinajstić information content (AvgIpc) is 2.38. The number of hydrogen-bond acceptors (Lipinski definition) is 4. The van der Waals surface area contributed by atoms with Crippen molar-refractivity contribution in [1.29, 1.82) is 0 Å². The molecule has 0 saturated heterocycles. The lowest BCUT2D eigenvalue weighted by Gasteiger charge is -2.29. The maximum Gasteiger partial charge on any atom is 0.339 e. The van der Waals surface area contributed by atoms with E-state index in [9.17, 15) is 9.59 Å². The summed E-state index contributed by atoms with van der Waals surface area (Å²) in [5.74, 6) is -0.649. The lowest BCUT2D eigenvalue weighted by Crippen LogP contribution is -2.45. The minimum absolute atomic E-state index is 0.284. The number of hydrogen-bond donors (Lipinski definition) is 0. The first-order valence-corrected chi connectivity index (χ1v) is 6.41. The molecule has 0 aliphatic heterocycles. The number of carbonyl (C=O) groups is 2. The van der Waals surface area contributed by atoms with E-state index < -0.39 is 0 Å². The van der Waals surface area contributed by atoms with Gasteiger partial charge in [-0.05, 0) is 12.1 Å². The summed E-state index contributed by atoms with van der Waals surface area (Å²) in [5.41, 5.74) is 0.467. The topological polar surface area (TPSA) is 52.6 Å². The summed E-state index contributed by atoms with van der Waals surface area (Å²) >= 11 is 0. The zero-order valence-corrected chi connectivity index (χ0v) is 12.1. The minimum Gasteiger partial charge on any atom is -0.460 e. The largest absolute Gasteiger partial charge is 0.460 e. The fraction of sp³-hybridized carbons (Fsp3) is 0.467. The van der Waals surface area contributed by atoms with Crippen LogP contribution in [0.25, 0.3) is 0 Å². The maximum absolute atomic E-state index is 11.7. The SMILES string of the molecule is CC(=O)OCC[N+](C)(C)CCOC(=O)c1cc#ccc1. The Morgan fingerprint density at radius 1 is 1.15 bits per heavy atom. The van der Waals surface area contributed by atoms with Crippen LogP contribution in [0.2, 0.25) is 0 Å². The number of likely N-dealkylation sites (N-methyl/N-ethyl adjacent to an activating group) is 1. The van der Waals surface area contributed by atoms with E-state index in [4.69, 9.17) is 9.47 Å². The normalized spacial score (nSPS) is 10.6. The molecule has 5 heteroatoms. The Morgan fingerprint density at radius 2 is 1.80 bits per heavy atom. The molecule has 20 heavy (non-hydrogen) atoms. The molecule has 0 aliphatic rings. The predicted molar refractivity (Wildman–Crippen MR) is 72.9 cm³/mol. The lowest BCUT2D eigenvalue weighted by molar-refractivity contribution is -0.890. The molecule has 1 rings (SSSR count). The Morgan fingerprint density at radius 3 is 2.35 bits per heavy atom. The van der Waals surface area contributed by atoms with Crippen LogP contribution < -0.4 is 0 Å². The molecule has 0 amide bonds. The Bertz CT molecular complexity index is 442. The highest BCUT2D eigenvalue weighted by atomic mass is 16.5. The van der Waals surface area contributed by atoms with Gasteiger partial charge in [0.05, 0.1) is 19.7 Å². The number of esters is 2. The molecule has 0 spiro atoms. The van der Waals surface area contributed by atoms with Gasteiger partial charge in [-0.15, -0.1) is 0 Å². The zero-order valence-electron chi connectivity index (χ0n) is 12.1. The van der Waals surface area contributed by atoms with Crippen LogP contribution in [0.1, 0.15) is 17.3 Å². The van der Waals surface area contributed by atoms with Gasteiger partial charge >= 0.3 is 11.9 Å². The van der Waals surface area contributed by atoms with Gasteiger partial charge < -0.3 is 14.0 Å². The first kappa shape index (κ1) is 16.0. The van der Waals surface area contributed by atoms with Crippen LogP contribution in [-0.2, 0) is 14.3 Å². The zero-order chi connectivity index (χ0) is 15.0. The highest BCUT2D eigenvalue weighted by Gasteiger charge is 2.16. The molecule has 1 aromatic rings. The molecule has 1 aromatic carbocycles. The molecule has 0 atom stereocenters. The maximum atomic E-state index is 11.7. The molecule has 0 bridgehead atoms. The van der Waals surface area contributed by atoms with Crippen molar-refractivity contribution >= 4 is 11.9 Å². The summed E-state index contributed by atoms with van der Waals surface area (Å²) in [6.45, 7) is 3.38. The quantitative estimate of drug-likeness (QED) is 0.553. The van der Waals surface area contributed by atoms with Gasteiger partial charge in [-0.25, -0.2) is 4.79 Å². The van der Waals surface area contributed by atoms with Crippen molar-refractivity contribution in [2.75, 3.05) is 40.4 Å². The second-order valence-electron chi connectivity index (χ2n) is 5.08. The summed E-state index contributed by atoms with van der Waals surface area (Å²) in [6, 6.07) is 10.2. The van der Waals surface area contributed by atoms with E-state index >= 15 is 0 Å². The molecular weight excluding hydrogens is 258 g/mol. The fourth-order valence-corrected chi connectivity index (χ4v) is 1.49. The standard InChI is InChI=1S/C15H20NO4/c1-13(17)19-11-9-16(2,3)10-12-20-15(18)14-7-5-4-6-8-14/h5,7-8H,9-12H2,1-3H3/q+1. The van der Waals surface area contributed by atoms with Gasteiger partial charge in [0.15, 0.2) is 0 Å². The summed E-state index contributed by atoms with van der Waals surface area (Å²) in [4.78, 5) is 22.4. The van der Waals surface area contributed by atoms with E-state index in [1.165, 1.54) is 6.92 Å². The van der Waals surface area contributed by atoms with E-state index in [0.29, 0.717) is 36.3 Å². The Hall–Kier alpha value is -2.06. The fourth-order valence-electron chi connectivity index (χ4n) is 1.49. The second kappa shape index (κ2) is 7.51. The van der Waals surface area contributed by atoms with Gasteiger partial charge in [-0.3, -0.25) is 4.79 Å². The number of quaternary nitrogens is 1. The van der Waals surface area contributed by atoms with Crippen LogP contribution in [0, 0.1) is 12.1 Å². The highest BCUT2D eigenvalue weighted by Crippen LogP contribution is 2.01. The van der Waals surface area contributed by atoms with Crippen LogP contribution in [0.5, 0.6) is 0 Å². The average molecular weight is 278 g/mol. The lowest BCUT2D eigenvalue weighted by atomic mass is 10.2. The third-order valence-corrected chi connectivity index (χ3v) is 2.82. The third-order valence-electron chi connectivity index (χ3n) is 2.82. The first-order valence-electron chi connectivity index (χ1n) is 6.41. The molecule has 0 heterocycles. The van der Waals surface area contributed by atoms with Crippen LogP contribution in [0.15, 0.2) is 18.2 Å². The van der Waals surface area contributed by atoms with Gasteiger partial charge in [-0.2, -0.15) is 0 Å². The summed E-state index contributed by atoms with van der Waals surface area (Å²) in [6.07, 6.45) is 0. The number of rotatable bonds is 7. The van der Waals surface area contributed by atoms with Gasteiger partial charge in [0.2, 0.25) is 0 Å². The summed E-state index contributed by atoms with van der Waals surface area (Å²) < 4.78 is 10.7. The predicted octanol–water partition coefficient (Wildman–Crippen LogP) is 1.08. The Balaban J connectivity index is 2.28. The first-order chi connectivity index (χ1) is 9.41. The van der Waals surface area contributed by atoms with Crippen molar-refractivity contribution < 1.29 is 23.5 Å². The number of carbonyl (C=O) groups excluding carboxylic acids is 2. The molecule has 5 nitrogen and oxygen atoms in total. The Labute approximate surface area is 119 Å². The van der Waals surface area contributed by atoms with Crippen LogP contribution in [-0.4, -0.2) is 56.8 Å². The molecule has 0 radical (unpaired) electrons. The van der Waals surface area contributed by atoms with Crippen LogP contribution in [0.3, 0.4) is 0 Å². The van der Waals surface area contributed by atoms with E-state index in [-0.39, 0.29) is 11.9 Å². The summed E-state index contributed by atoms with van der Waals surface area (Å²) in [7, 11) is 3.98. The van der Waals surface area contributed by atoms with Gasteiger partial charge in [0, 0.05) is 13.0 Å². The number of nitrogens with zero attached hydrogens (tertiary/aromatic N) is 1. The minimum atomic E-state index is -0.366. The summed E-state index contributed by atoms with van der Waals surface area (Å²) in [5, 5.41) is 0. The van der Waals surface area contributed by atoms with E-state index in [1.54, 1.807) is 18.2 Å².